The van der Waals surface area contributed by atoms with Crippen LogP contribution in [0.4, 0.5) is 15.3 Å². The smallest absolute Gasteiger partial charge is 0.413 e. The van der Waals surface area contributed by atoms with Gasteiger partial charge in [0.1, 0.15) is 0 Å². The number of guanidine groups is 1. The fourth-order valence-electron chi connectivity index (χ4n) is 3.01. The van der Waals surface area contributed by atoms with Crippen LogP contribution in [0.15, 0.2) is 35.3 Å². The van der Waals surface area contributed by atoms with E-state index in [0.29, 0.717) is 6.54 Å². The first-order chi connectivity index (χ1) is 12.6. The number of para-hydroxylation sites is 1. The Morgan fingerprint density at radius 3 is 2.12 bits per heavy atom. The van der Waals surface area contributed by atoms with Crippen molar-refractivity contribution in [3.05, 3.63) is 30.3 Å². The predicted octanol–water partition coefficient (Wildman–Crippen LogP) is 2.87. The number of hydrogen-bond donors (Lipinski definition) is 3. The van der Waals surface area contributed by atoms with Gasteiger partial charge in [-0.05, 0) is 25.0 Å². The van der Waals surface area contributed by atoms with Crippen LogP contribution in [0.25, 0.3) is 0 Å². The zero-order valence-corrected chi connectivity index (χ0v) is 15.2. The molecule has 0 radical (unpaired) electrons. The normalized spacial score (nSPS) is 15.3. The van der Waals surface area contributed by atoms with Gasteiger partial charge in [0.2, 0.25) is 5.96 Å². The molecule has 1 aromatic carbocycles. The summed E-state index contributed by atoms with van der Waals surface area (Å²) in [6.07, 6.45) is 3.86. The molecule has 0 aliphatic heterocycles. The molecule has 1 fully saturated rings. The molecule has 0 aromatic heterocycles. The molecule has 2 rings (SSSR count). The highest BCUT2D eigenvalue weighted by Crippen LogP contribution is 2.32. The maximum Gasteiger partial charge on any atom is 0.413 e. The second-order valence-corrected chi connectivity index (χ2v) is 6.23. The zero-order valence-electron chi connectivity index (χ0n) is 15.2. The van der Waals surface area contributed by atoms with E-state index >= 15 is 0 Å². The van der Waals surface area contributed by atoms with Crippen LogP contribution >= 0.6 is 0 Å². The number of carbonyl (C=O) groups is 2. The van der Waals surface area contributed by atoms with Crippen molar-refractivity contribution in [2.24, 2.45) is 4.99 Å². The van der Waals surface area contributed by atoms with Crippen molar-refractivity contribution in [2.75, 3.05) is 26.1 Å². The fourth-order valence-corrected chi connectivity index (χ4v) is 3.01. The third kappa shape index (κ3) is 5.94. The number of amides is 2. The van der Waals surface area contributed by atoms with E-state index in [-0.39, 0.29) is 11.5 Å². The number of anilines is 1. The molecule has 3 N–H and O–H groups in total. The van der Waals surface area contributed by atoms with Gasteiger partial charge in [-0.2, -0.15) is 0 Å². The number of ether oxygens (including phenoxy) is 2. The van der Waals surface area contributed by atoms with Gasteiger partial charge in [-0.25, -0.2) is 14.6 Å². The van der Waals surface area contributed by atoms with Gasteiger partial charge in [-0.1, -0.05) is 37.5 Å². The lowest BCUT2D eigenvalue weighted by atomic mass is 9.81. The number of benzene rings is 1. The Labute approximate surface area is 153 Å². The van der Waals surface area contributed by atoms with Crippen molar-refractivity contribution in [1.29, 1.82) is 0 Å². The molecule has 142 valence electrons. The van der Waals surface area contributed by atoms with Gasteiger partial charge in [-0.15, -0.1) is 0 Å². The summed E-state index contributed by atoms with van der Waals surface area (Å²) in [5.41, 5.74) is 0.786. The third-order valence-corrected chi connectivity index (χ3v) is 4.35. The number of aliphatic imine (C=N–C) groups is 1. The Kier molecular flexibility index (Phi) is 7.25. The van der Waals surface area contributed by atoms with Crippen molar-refractivity contribution in [3.63, 3.8) is 0 Å². The maximum absolute atomic E-state index is 11.5. The van der Waals surface area contributed by atoms with Gasteiger partial charge in [0, 0.05) is 5.69 Å². The monoisotopic (exact) mass is 362 g/mol. The van der Waals surface area contributed by atoms with Crippen molar-refractivity contribution in [2.45, 2.75) is 37.6 Å². The van der Waals surface area contributed by atoms with E-state index in [4.69, 9.17) is 0 Å². The molecular weight excluding hydrogens is 336 g/mol. The molecule has 2 amide bonds. The highest BCUT2D eigenvalue weighted by Gasteiger charge is 2.32. The average molecular weight is 362 g/mol. The number of rotatable bonds is 4. The van der Waals surface area contributed by atoms with Crippen LogP contribution in [0.3, 0.4) is 0 Å². The van der Waals surface area contributed by atoms with E-state index in [0.717, 1.165) is 31.4 Å². The van der Waals surface area contributed by atoms with Crippen molar-refractivity contribution in [1.82, 2.24) is 10.6 Å². The molecule has 1 aliphatic carbocycles. The molecule has 1 aliphatic rings. The Bertz CT molecular complexity index is 607. The summed E-state index contributed by atoms with van der Waals surface area (Å²) in [5.74, 6) is 0.00325. The molecule has 0 unspecified atom stereocenters. The number of carbonyl (C=O) groups excluding carboxylic acids is 2. The largest absolute Gasteiger partial charge is 0.453 e. The molecule has 1 aromatic rings. The zero-order chi connectivity index (χ0) is 18.8. The number of nitrogens with one attached hydrogen (secondary N) is 3. The minimum Gasteiger partial charge on any atom is -0.453 e. The van der Waals surface area contributed by atoms with Crippen LogP contribution in [0.2, 0.25) is 0 Å². The average Bonchev–Trinajstić information content (AvgIpc) is 2.67. The van der Waals surface area contributed by atoms with Crippen LogP contribution in [-0.4, -0.2) is 44.4 Å². The summed E-state index contributed by atoms with van der Waals surface area (Å²) in [4.78, 5) is 27.4. The molecule has 0 saturated heterocycles. The van der Waals surface area contributed by atoms with E-state index in [1.54, 1.807) is 0 Å². The summed E-state index contributed by atoms with van der Waals surface area (Å²) in [5, 5.41) is 8.39. The number of methoxy groups -OCH3 is 2. The SMILES string of the molecule is COC(=O)NC(=NCC1(Nc2ccccc2)CCCCC1)NC(=O)OC. The van der Waals surface area contributed by atoms with Gasteiger partial charge in [-0.3, -0.25) is 10.6 Å². The van der Waals surface area contributed by atoms with Gasteiger partial charge in [0.15, 0.2) is 0 Å². The molecule has 1 saturated carbocycles. The van der Waals surface area contributed by atoms with Crippen molar-refractivity contribution < 1.29 is 19.1 Å². The van der Waals surface area contributed by atoms with Gasteiger partial charge in [0.25, 0.3) is 0 Å². The molecule has 0 atom stereocenters. The summed E-state index contributed by atoms with van der Waals surface area (Å²) in [7, 11) is 2.48. The topological polar surface area (TPSA) is 101 Å². The number of nitrogens with zero attached hydrogens (tertiary/aromatic N) is 1. The summed E-state index contributed by atoms with van der Waals surface area (Å²) in [6.45, 7) is 0.394. The molecule has 0 heterocycles. The lowest BCUT2D eigenvalue weighted by Gasteiger charge is -2.38. The standard InChI is InChI=1S/C18H26N4O4/c1-25-16(23)20-15(21-17(24)26-2)19-13-18(11-7-4-8-12-18)22-14-9-5-3-6-10-14/h3,5-6,9-10,22H,4,7-8,11-13H2,1-2H3,(H2,19,20,21,23,24). The summed E-state index contributed by atoms with van der Waals surface area (Å²) in [6, 6.07) is 9.95. The van der Waals surface area contributed by atoms with Crippen LogP contribution < -0.4 is 16.0 Å². The Balaban J connectivity index is 2.16. The third-order valence-electron chi connectivity index (χ3n) is 4.35. The highest BCUT2D eigenvalue weighted by atomic mass is 16.5. The summed E-state index contributed by atoms with van der Waals surface area (Å²) >= 11 is 0. The van der Waals surface area contributed by atoms with Crippen LogP contribution in [0.5, 0.6) is 0 Å². The second-order valence-electron chi connectivity index (χ2n) is 6.23. The molecule has 26 heavy (non-hydrogen) atoms. The molecule has 8 nitrogen and oxygen atoms in total. The van der Waals surface area contributed by atoms with Crippen LogP contribution in [0, 0.1) is 0 Å². The number of alkyl carbamates (subject to hydrolysis) is 2. The van der Waals surface area contributed by atoms with Gasteiger partial charge in [0.05, 0.1) is 26.3 Å². The molecule has 0 bridgehead atoms. The fraction of sp³-hybridized carbons (Fsp3) is 0.500. The highest BCUT2D eigenvalue weighted by molar-refractivity contribution is 6.01. The Hall–Kier alpha value is -2.77. The number of hydrogen-bond acceptors (Lipinski definition) is 6. The lowest BCUT2D eigenvalue weighted by Crippen LogP contribution is -2.47. The lowest BCUT2D eigenvalue weighted by molar-refractivity contribution is 0.173. The minimum atomic E-state index is -0.714. The molecular formula is C18H26N4O4. The first-order valence-corrected chi connectivity index (χ1v) is 8.64. The first-order valence-electron chi connectivity index (χ1n) is 8.64. The van der Waals surface area contributed by atoms with Crippen molar-refractivity contribution >= 4 is 23.8 Å². The van der Waals surface area contributed by atoms with E-state index in [2.05, 4.69) is 30.4 Å². The van der Waals surface area contributed by atoms with E-state index in [9.17, 15) is 9.59 Å². The first kappa shape index (κ1) is 19.6. The van der Waals surface area contributed by atoms with E-state index in [1.807, 2.05) is 30.3 Å². The maximum atomic E-state index is 11.5. The van der Waals surface area contributed by atoms with Crippen LogP contribution in [-0.2, 0) is 9.47 Å². The van der Waals surface area contributed by atoms with E-state index < -0.39 is 12.2 Å². The van der Waals surface area contributed by atoms with E-state index in [1.165, 1.54) is 20.6 Å². The van der Waals surface area contributed by atoms with Crippen molar-refractivity contribution in [3.8, 4) is 0 Å². The van der Waals surface area contributed by atoms with Gasteiger partial charge >= 0.3 is 12.2 Å². The summed E-state index contributed by atoms with van der Waals surface area (Å²) < 4.78 is 9.14. The van der Waals surface area contributed by atoms with Gasteiger partial charge < -0.3 is 14.8 Å². The Morgan fingerprint density at radius 1 is 1.00 bits per heavy atom. The second kappa shape index (κ2) is 9.65. The quantitative estimate of drug-likeness (QED) is 0.565. The molecule has 8 heteroatoms. The molecule has 0 spiro atoms. The predicted molar refractivity (Wildman–Crippen MR) is 99.3 cm³/mol. The van der Waals surface area contributed by atoms with Crippen LogP contribution in [0.1, 0.15) is 32.1 Å². The Morgan fingerprint density at radius 2 is 1.58 bits per heavy atom. The minimum absolute atomic E-state index is 0.00325.